The minimum absolute atomic E-state index is 0.285. The number of carbonyl (C=O) groups excluding carboxylic acids is 1. The second-order valence-corrected chi connectivity index (χ2v) is 5.87. The maximum Gasteiger partial charge on any atom is 0.243 e. The quantitative estimate of drug-likeness (QED) is 0.172. The molecule has 0 aromatic carbocycles. The molecule has 132 valence electrons. The summed E-state index contributed by atoms with van der Waals surface area (Å²) in [7, 11) is 0. The lowest BCUT2D eigenvalue weighted by Gasteiger charge is -1.98. The molecule has 0 saturated heterocycles. The molecule has 3 heteroatoms. The van der Waals surface area contributed by atoms with Gasteiger partial charge in [-0.15, -0.1) is 0 Å². The Hall–Kier alpha value is -1.35. The molecule has 0 aromatic rings. The second kappa shape index (κ2) is 18.7. The van der Waals surface area contributed by atoms with E-state index >= 15 is 0 Å². The second-order valence-electron chi connectivity index (χ2n) is 5.87. The summed E-state index contributed by atoms with van der Waals surface area (Å²) in [5.74, 6) is -0.285. The third kappa shape index (κ3) is 18.6. The summed E-state index contributed by atoms with van der Waals surface area (Å²) in [5, 5.41) is 8.35. The highest BCUT2D eigenvalue weighted by Gasteiger charge is 1.97. The summed E-state index contributed by atoms with van der Waals surface area (Å²) in [6, 6.07) is 0. The summed E-state index contributed by atoms with van der Waals surface area (Å²) in [4.78, 5) is 10.8. The zero-order chi connectivity index (χ0) is 17.0. The molecule has 0 radical (unpaired) electrons. The molecule has 0 rings (SSSR count). The molecule has 0 aliphatic heterocycles. The van der Waals surface area contributed by atoms with E-state index in [9.17, 15) is 4.79 Å². The van der Waals surface area contributed by atoms with Gasteiger partial charge in [0.15, 0.2) is 0 Å². The van der Waals surface area contributed by atoms with Crippen molar-refractivity contribution in [1.29, 1.82) is 0 Å². The van der Waals surface area contributed by atoms with E-state index in [-0.39, 0.29) is 5.91 Å². The lowest BCUT2D eigenvalue weighted by molar-refractivity contribution is -0.129. The van der Waals surface area contributed by atoms with Gasteiger partial charge in [0.1, 0.15) is 0 Å². The number of carbonyl (C=O) groups is 1. The molecule has 0 atom stereocenters. The third-order valence-corrected chi connectivity index (χ3v) is 3.67. The van der Waals surface area contributed by atoms with Gasteiger partial charge in [-0.05, 0) is 44.9 Å². The first kappa shape index (κ1) is 21.6. The summed E-state index contributed by atoms with van der Waals surface area (Å²) in [6.07, 6.45) is 26.4. The number of amides is 1. The van der Waals surface area contributed by atoms with Crippen molar-refractivity contribution in [1.82, 2.24) is 5.48 Å². The third-order valence-electron chi connectivity index (χ3n) is 3.67. The first-order chi connectivity index (χ1) is 11.3. The predicted octanol–water partition coefficient (Wildman–Crippen LogP) is 5.86. The lowest BCUT2D eigenvalue weighted by Crippen LogP contribution is -2.17. The molecule has 0 heterocycles. The molecule has 0 aliphatic carbocycles. The SMILES string of the molecule is CCCCC/C=C\C/C=C\C/C=C\CCCCCCC(=O)NO. The van der Waals surface area contributed by atoms with Gasteiger partial charge in [0.2, 0.25) is 5.91 Å². The van der Waals surface area contributed by atoms with Crippen LogP contribution in [0.15, 0.2) is 36.5 Å². The van der Waals surface area contributed by atoms with Gasteiger partial charge in [-0.3, -0.25) is 10.0 Å². The molecule has 0 saturated carbocycles. The predicted molar refractivity (Wildman–Crippen MR) is 98.4 cm³/mol. The molecule has 0 spiro atoms. The summed E-state index contributed by atoms with van der Waals surface area (Å²) in [6.45, 7) is 2.24. The maximum atomic E-state index is 10.8. The standard InChI is InChI=1S/C20H35NO2/c1-2-3-4-5-6-7-8-9-10-11-12-13-14-15-16-17-18-19-20(22)21-23/h6-7,9-10,12-13,23H,2-5,8,11,14-19H2,1H3,(H,21,22)/b7-6-,10-9-,13-12-. The van der Waals surface area contributed by atoms with Gasteiger partial charge in [-0.25, -0.2) is 5.48 Å². The van der Waals surface area contributed by atoms with Crippen LogP contribution in [0.5, 0.6) is 0 Å². The van der Waals surface area contributed by atoms with Crippen LogP contribution in [-0.4, -0.2) is 11.1 Å². The zero-order valence-electron chi connectivity index (χ0n) is 14.8. The minimum Gasteiger partial charge on any atom is -0.289 e. The Morgan fingerprint density at radius 3 is 1.87 bits per heavy atom. The molecule has 23 heavy (non-hydrogen) atoms. The van der Waals surface area contributed by atoms with Crippen molar-refractivity contribution in [3.8, 4) is 0 Å². The molecule has 3 nitrogen and oxygen atoms in total. The van der Waals surface area contributed by atoms with Crippen LogP contribution < -0.4 is 5.48 Å². The van der Waals surface area contributed by atoms with Crippen LogP contribution in [0, 0.1) is 0 Å². The molecular formula is C20H35NO2. The van der Waals surface area contributed by atoms with E-state index in [0.29, 0.717) is 6.42 Å². The van der Waals surface area contributed by atoms with Crippen molar-refractivity contribution in [3.05, 3.63) is 36.5 Å². The number of nitrogens with one attached hydrogen (secondary N) is 1. The Morgan fingerprint density at radius 2 is 1.30 bits per heavy atom. The van der Waals surface area contributed by atoms with E-state index in [1.54, 1.807) is 5.48 Å². The van der Waals surface area contributed by atoms with Crippen molar-refractivity contribution < 1.29 is 10.0 Å². The summed E-state index contributed by atoms with van der Waals surface area (Å²) >= 11 is 0. The number of hydrogen-bond donors (Lipinski definition) is 2. The Bertz CT molecular complexity index is 346. The zero-order valence-corrected chi connectivity index (χ0v) is 14.8. The van der Waals surface area contributed by atoms with Crippen LogP contribution in [0.25, 0.3) is 0 Å². The highest BCUT2D eigenvalue weighted by molar-refractivity contribution is 5.74. The molecule has 0 aliphatic rings. The van der Waals surface area contributed by atoms with E-state index in [4.69, 9.17) is 5.21 Å². The molecular weight excluding hydrogens is 286 g/mol. The fourth-order valence-corrected chi connectivity index (χ4v) is 2.25. The van der Waals surface area contributed by atoms with Crippen molar-refractivity contribution in [3.63, 3.8) is 0 Å². The number of allylic oxidation sites excluding steroid dienone is 6. The molecule has 0 bridgehead atoms. The first-order valence-corrected chi connectivity index (χ1v) is 9.19. The molecule has 0 unspecified atom stereocenters. The van der Waals surface area contributed by atoms with Gasteiger partial charge >= 0.3 is 0 Å². The fourth-order valence-electron chi connectivity index (χ4n) is 2.25. The average molecular weight is 322 g/mol. The number of hydroxylamine groups is 1. The van der Waals surface area contributed by atoms with E-state index in [0.717, 1.165) is 38.5 Å². The fraction of sp³-hybridized carbons (Fsp3) is 0.650. The van der Waals surface area contributed by atoms with Crippen molar-refractivity contribution in [2.24, 2.45) is 0 Å². The van der Waals surface area contributed by atoms with Gasteiger partial charge in [-0.1, -0.05) is 69.1 Å². The largest absolute Gasteiger partial charge is 0.289 e. The van der Waals surface area contributed by atoms with Crippen LogP contribution in [0.4, 0.5) is 0 Å². The first-order valence-electron chi connectivity index (χ1n) is 9.19. The van der Waals surface area contributed by atoms with Gasteiger partial charge in [0.05, 0.1) is 0 Å². The minimum atomic E-state index is -0.285. The van der Waals surface area contributed by atoms with Gasteiger partial charge in [-0.2, -0.15) is 0 Å². The molecule has 0 aromatic heterocycles. The number of hydrogen-bond acceptors (Lipinski definition) is 2. The molecule has 2 N–H and O–H groups in total. The normalized spacial score (nSPS) is 11.9. The average Bonchev–Trinajstić information content (AvgIpc) is 2.57. The maximum absolute atomic E-state index is 10.8. The smallest absolute Gasteiger partial charge is 0.243 e. The highest BCUT2D eigenvalue weighted by Crippen LogP contribution is 2.06. The Morgan fingerprint density at radius 1 is 0.783 bits per heavy atom. The van der Waals surface area contributed by atoms with Crippen LogP contribution in [0.2, 0.25) is 0 Å². The lowest BCUT2D eigenvalue weighted by atomic mass is 10.1. The van der Waals surface area contributed by atoms with Crippen LogP contribution >= 0.6 is 0 Å². The van der Waals surface area contributed by atoms with E-state index in [1.807, 2.05) is 0 Å². The van der Waals surface area contributed by atoms with Crippen LogP contribution in [0.1, 0.15) is 84.0 Å². The van der Waals surface area contributed by atoms with Crippen molar-refractivity contribution in [2.45, 2.75) is 84.0 Å². The number of unbranched alkanes of at least 4 members (excludes halogenated alkanes) is 7. The van der Waals surface area contributed by atoms with Crippen LogP contribution in [0.3, 0.4) is 0 Å². The molecule has 1 amide bonds. The van der Waals surface area contributed by atoms with Crippen LogP contribution in [-0.2, 0) is 4.79 Å². The van der Waals surface area contributed by atoms with Gasteiger partial charge < -0.3 is 0 Å². The molecule has 0 fully saturated rings. The Kier molecular flexibility index (Phi) is 17.6. The monoisotopic (exact) mass is 321 g/mol. The summed E-state index contributed by atoms with van der Waals surface area (Å²) in [5.41, 5.74) is 1.66. The van der Waals surface area contributed by atoms with Crippen molar-refractivity contribution >= 4 is 5.91 Å². The van der Waals surface area contributed by atoms with Gasteiger partial charge in [0.25, 0.3) is 0 Å². The topological polar surface area (TPSA) is 49.3 Å². The highest BCUT2D eigenvalue weighted by atomic mass is 16.5. The summed E-state index contributed by atoms with van der Waals surface area (Å²) < 4.78 is 0. The van der Waals surface area contributed by atoms with E-state index in [1.165, 1.54) is 32.1 Å². The Labute approximate surface area is 142 Å². The van der Waals surface area contributed by atoms with E-state index < -0.39 is 0 Å². The van der Waals surface area contributed by atoms with E-state index in [2.05, 4.69) is 43.4 Å². The Balaban J connectivity index is 3.30. The van der Waals surface area contributed by atoms with Crippen molar-refractivity contribution in [2.75, 3.05) is 0 Å². The number of rotatable bonds is 15. The van der Waals surface area contributed by atoms with Gasteiger partial charge in [0, 0.05) is 6.42 Å².